The van der Waals surface area contributed by atoms with Gasteiger partial charge in [-0.15, -0.1) is 0 Å². The smallest absolute Gasteiger partial charge is 0.0963 e. The van der Waals surface area contributed by atoms with Crippen LogP contribution in [0, 0.1) is 0 Å². The monoisotopic (exact) mass is 207 g/mol. The van der Waals surface area contributed by atoms with Crippen molar-refractivity contribution in [2.24, 2.45) is 0 Å². The molecule has 3 heteroatoms. The lowest BCUT2D eigenvalue weighted by molar-refractivity contribution is 0.0413. The summed E-state index contributed by atoms with van der Waals surface area (Å²) in [7, 11) is 0. The highest BCUT2D eigenvalue weighted by molar-refractivity contribution is 5.15. The van der Waals surface area contributed by atoms with Crippen LogP contribution in [-0.2, 0) is 6.54 Å². The van der Waals surface area contributed by atoms with Crippen molar-refractivity contribution in [1.82, 2.24) is 4.90 Å². The molecule has 1 heterocycles. The van der Waals surface area contributed by atoms with Crippen LogP contribution in [0.2, 0.25) is 0 Å². The molecule has 2 N–H and O–H groups in total. The summed E-state index contributed by atoms with van der Waals surface area (Å²) < 4.78 is 0. The number of likely N-dealkylation sites (tertiary alicyclic amines) is 1. The summed E-state index contributed by atoms with van der Waals surface area (Å²) in [4.78, 5) is 2.10. The Morgan fingerprint density at radius 3 is 2.47 bits per heavy atom. The van der Waals surface area contributed by atoms with Gasteiger partial charge in [-0.1, -0.05) is 30.3 Å². The van der Waals surface area contributed by atoms with Gasteiger partial charge in [-0.25, -0.2) is 0 Å². The zero-order valence-corrected chi connectivity index (χ0v) is 8.87. The lowest BCUT2D eigenvalue weighted by atomic mass is 10.1. The maximum Gasteiger partial charge on any atom is 0.0963 e. The molecule has 1 aromatic rings. The minimum absolute atomic E-state index is 0.0280. The molecule has 0 amide bonds. The minimum Gasteiger partial charge on any atom is -0.389 e. The molecule has 1 aromatic carbocycles. The van der Waals surface area contributed by atoms with Crippen LogP contribution in [0.1, 0.15) is 12.5 Å². The first kappa shape index (κ1) is 10.6. The summed E-state index contributed by atoms with van der Waals surface area (Å²) in [6.45, 7) is 3.29. The lowest BCUT2D eigenvalue weighted by Crippen LogP contribution is -2.32. The third-order valence-corrected chi connectivity index (χ3v) is 3.11. The number of rotatable bonds is 2. The standard InChI is InChI=1S/C12H17NO2/c1-9-12(15)11(14)8-13(9)7-10-5-3-2-4-6-10/h2-6,9,11-12,14-15H,7-8H2,1H3/t9?,11-,12-/m0/s1. The number of nitrogens with zero attached hydrogens (tertiary/aromatic N) is 1. The lowest BCUT2D eigenvalue weighted by Gasteiger charge is -2.21. The Morgan fingerprint density at radius 2 is 1.93 bits per heavy atom. The Kier molecular flexibility index (Phi) is 3.05. The predicted molar refractivity (Wildman–Crippen MR) is 58.3 cm³/mol. The number of aliphatic hydroxyl groups is 2. The van der Waals surface area contributed by atoms with E-state index >= 15 is 0 Å². The third kappa shape index (κ3) is 2.20. The number of aliphatic hydroxyl groups excluding tert-OH is 2. The fourth-order valence-electron chi connectivity index (χ4n) is 2.08. The first-order valence-electron chi connectivity index (χ1n) is 5.32. The van der Waals surface area contributed by atoms with E-state index in [-0.39, 0.29) is 6.04 Å². The van der Waals surface area contributed by atoms with Gasteiger partial charge in [0.05, 0.1) is 12.2 Å². The van der Waals surface area contributed by atoms with E-state index < -0.39 is 12.2 Å². The van der Waals surface area contributed by atoms with E-state index in [1.165, 1.54) is 5.56 Å². The number of hydrogen-bond donors (Lipinski definition) is 2. The SMILES string of the molecule is CC1[C@H](O)[C@@H](O)CN1Cc1ccccc1. The van der Waals surface area contributed by atoms with Gasteiger partial charge in [0.25, 0.3) is 0 Å². The highest BCUT2D eigenvalue weighted by Crippen LogP contribution is 2.20. The molecule has 1 fully saturated rings. The van der Waals surface area contributed by atoms with Gasteiger partial charge in [0.1, 0.15) is 0 Å². The first-order valence-corrected chi connectivity index (χ1v) is 5.32. The predicted octanol–water partition coefficient (Wildman–Crippen LogP) is 0.612. The van der Waals surface area contributed by atoms with Gasteiger partial charge in [0, 0.05) is 19.1 Å². The van der Waals surface area contributed by atoms with Crippen molar-refractivity contribution in [3.63, 3.8) is 0 Å². The zero-order chi connectivity index (χ0) is 10.8. The zero-order valence-electron chi connectivity index (χ0n) is 8.87. The summed E-state index contributed by atoms with van der Waals surface area (Å²) in [6.07, 6.45) is -1.22. The molecule has 3 nitrogen and oxygen atoms in total. The van der Waals surface area contributed by atoms with Crippen molar-refractivity contribution >= 4 is 0 Å². The quantitative estimate of drug-likeness (QED) is 0.747. The molecule has 0 bridgehead atoms. The van der Waals surface area contributed by atoms with Gasteiger partial charge < -0.3 is 10.2 Å². The summed E-state index contributed by atoms with van der Waals surface area (Å²) in [5.41, 5.74) is 1.21. The van der Waals surface area contributed by atoms with Gasteiger partial charge in [0.2, 0.25) is 0 Å². The van der Waals surface area contributed by atoms with Crippen molar-refractivity contribution in [3.8, 4) is 0 Å². The second kappa shape index (κ2) is 4.31. The molecule has 82 valence electrons. The maximum absolute atomic E-state index is 9.62. The van der Waals surface area contributed by atoms with Gasteiger partial charge in [-0.05, 0) is 12.5 Å². The van der Waals surface area contributed by atoms with E-state index in [1.807, 2.05) is 25.1 Å². The van der Waals surface area contributed by atoms with Crippen molar-refractivity contribution in [2.45, 2.75) is 31.7 Å². The molecular weight excluding hydrogens is 190 g/mol. The van der Waals surface area contributed by atoms with Crippen LogP contribution in [0.3, 0.4) is 0 Å². The molecular formula is C12H17NO2. The molecule has 2 rings (SSSR count). The fraction of sp³-hybridized carbons (Fsp3) is 0.500. The normalized spacial score (nSPS) is 32.1. The highest BCUT2D eigenvalue weighted by Gasteiger charge is 2.36. The average Bonchev–Trinajstić information content (AvgIpc) is 2.48. The summed E-state index contributed by atoms with van der Waals surface area (Å²) >= 11 is 0. The highest BCUT2D eigenvalue weighted by atomic mass is 16.3. The van der Waals surface area contributed by atoms with Crippen LogP contribution in [-0.4, -0.2) is 39.9 Å². The second-order valence-electron chi connectivity index (χ2n) is 4.21. The van der Waals surface area contributed by atoms with Crippen molar-refractivity contribution in [2.75, 3.05) is 6.54 Å². The fourth-order valence-corrected chi connectivity index (χ4v) is 2.08. The molecule has 0 aromatic heterocycles. The molecule has 0 aliphatic carbocycles. The van der Waals surface area contributed by atoms with Crippen LogP contribution in [0.5, 0.6) is 0 Å². The molecule has 1 unspecified atom stereocenters. The summed E-state index contributed by atoms with van der Waals surface area (Å²) in [5, 5.41) is 19.1. The van der Waals surface area contributed by atoms with Gasteiger partial charge >= 0.3 is 0 Å². The Morgan fingerprint density at radius 1 is 1.27 bits per heavy atom. The summed E-state index contributed by atoms with van der Waals surface area (Å²) in [6, 6.07) is 10.1. The molecule has 15 heavy (non-hydrogen) atoms. The largest absolute Gasteiger partial charge is 0.389 e. The van der Waals surface area contributed by atoms with Gasteiger partial charge in [-0.2, -0.15) is 0 Å². The molecule has 1 aliphatic rings. The van der Waals surface area contributed by atoms with Gasteiger partial charge in [0.15, 0.2) is 0 Å². The molecule has 3 atom stereocenters. The first-order chi connectivity index (χ1) is 7.18. The van der Waals surface area contributed by atoms with Crippen LogP contribution in [0.15, 0.2) is 30.3 Å². The number of benzene rings is 1. The van der Waals surface area contributed by atoms with E-state index in [2.05, 4.69) is 17.0 Å². The van der Waals surface area contributed by atoms with Crippen molar-refractivity contribution in [1.29, 1.82) is 0 Å². The van der Waals surface area contributed by atoms with E-state index in [0.29, 0.717) is 6.54 Å². The Balaban J connectivity index is 2.02. The van der Waals surface area contributed by atoms with E-state index in [1.54, 1.807) is 0 Å². The van der Waals surface area contributed by atoms with E-state index in [9.17, 15) is 10.2 Å². The Bertz CT molecular complexity index is 315. The number of β-amino-alcohol motifs (C(OH)–C–C–N with tert-alkyl or cyclic N) is 1. The van der Waals surface area contributed by atoms with Gasteiger partial charge in [-0.3, -0.25) is 4.90 Å². The minimum atomic E-state index is -0.617. The Labute approximate surface area is 90.0 Å². The second-order valence-corrected chi connectivity index (χ2v) is 4.21. The maximum atomic E-state index is 9.62. The van der Waals surface area contributed by atoms with E-state index in [0.717, 1.165) is 6.54 Å². The van der Waals surface area contributed by atoms with Crippen molar-refractivity contribution in [3.05, 3.63) is 35.9 Å². The summed E-state index contributed by atoms with van der Waals surface area (Å²) in [5.74, 6) is 0. The van der Waals surface area contributed by atoms with Crippen LogP contribution in [0.4, 0.5) is 0 Å². The average molecular weight is 207 g/mol. The van der Waals surface area contributed by atoms with Crippen LogP contribution >= 0.6 is 0 Å². The Hall–Kier alpha value is -0.900. The van der Waals surface area contributed by atoms with Crippen LogP contribution in [0.25, 0.3) is 0 Å². The molecule has 0 saturated carbocycles. The third-order valence-electron chi connectivity index (χ3n) is 3.11. The van der Waals surface area contributed by atoms with Crippen LogP contribution < -0.4 is 0 Å². The van der Waals surface area contributed by atoms with Crippen molar-refractivity contribution < 1.29 is 10.2 Å². The molecule has 0 radical (unpaired) electrons. The topological polar surface area (TPSA) is 43.7 Å². The van der Waals surface area contributed by atoms with E-state index in [4.69, 9.17) is 0 Å². The molecule has 1 saturated heterocycles. The number of hydrogen-bond acceptors (Lipinski definition) is 3. The molecule has 0 spiro atoms. The molecule has 1 aliphatic heterocycles.